The fourth-order valence-corrected chi connectivity index (χ4v) is 4.72. The van der Waals surface area contributed by atoms with Crippen molar-refractivity contribution in [2.45, 2.75) is 20.4 Å². The zero-order chi connectivity index (χ0) is 31.4. The van der Waals surface area contributed by atoms with Crippen molar-refractivity contribution >= 4 is 41.2 Å². The monoisotopic (exact) mass is 586 g/mol. The molecule has 0 bridgehead atoms. The summed E-state index contributed by atoms with van der Waals surface area (Å²) in [4.78, 5) is 54.6. The van der Waals surface area contributed by atoms with Crippen LogP contribution in [0.5, 0.6) is 5.75 Å². The average Bonchev–Trinajstić information content (AvgIpc) is 2.99. The summed E-state index contributed by atoms with van der Waals surface area (Å²) in [5.41, 5.74) is 0.800. The van der Waals surface area contributed by atoms with Gasteiger partial charge in [-0.15, -0.1) is 0 Å². The zero-order valence-corrected chi connectivity index (χ0v) is 24.3. The van der Waals surface area contributed by atoms with Crippen molar-refractivity contribution < 1.29 is 28.6 Å². The Labute approximate surface area is 247 Å². The third kappa shape index (κ3) is 6.25. The Hall–Kier alpha value is -5.45. The summed E-state index contributed by atoms with van der Waals surface area (Å²) in [5, 5.41) is 12.4. The van der Waals surface area contributed by atoms with Crippen molar-refractivity contribution in [2.75, 3.05) is 24.4 Å². The number of nitrogens with one attached hydrogen (secondary N) is 1. The molecule has 10 nitrogen and oxygen atoms in total. The predicted octanol–water partition coefficient (Wildman–Crippen LogP) is 5.16. The highest BCUT2D eigenvalue weighted by Gasteiger charge is 2.30. The number of carboxylic acid groups (broad SMARTS) is 1. The Bertz CT molecular complexity index is 1770. The molecule has 3 aromatic carbocycles. The van der Waals surface area contributed by atoms with Crippen molar-refractivity contribution in [1.29, 1.82) is 0 Å². The number of aromatic carboxylic acids is 1. The van der Waals surface area contributed by atoms with Crippen LogP contribution in [-0.2, 0) is 18.4 Å². The number of carbonyl (C=O) groups excluding carboxylic acids is 2. The fraction of sp³-hybridized carbons (Fsp3) is 0.188. The summed E-state index contributed by atoms with van der Waals surface area (Å²) in [6.07, 6.45) is 0.402. The molecule has 43 heavy (non-hydrogen) atoms. The summed E-state index contributed by atoms with van der Waals surface area (Å²) in [7, 11) is 4.54. The molecule has 1 aromatic heterocycles. The van der Waals surface area contributed by atoms with E-state index in [1.165, 1.54) is 59.8 Å². The van der Waals surface area contributed by atoms with Crippen LogP contribution in [0.2, 0.25) is 0 Å². The lowest BCUT2D eigenvalue weighted by atomic mass is 10.0. The minimum Gasteiger partial charge on any atom is -0.497 e. The quantitative estimate of drug-likeness (QED) is 0.246. The van der Waals surface area contributed by atoms with Gasteiger partial charge in [0.05, 0.1) is 24.0 Å². The van der Waals surface area contributed by atoms with Crippen LogP contribution in [-0.4, -0.2) is 47.0 Å². The van der Waals surface area contributed by atoms with Gasteiger partial charge in [-0.05, 0) is 67.4 Å². The number of nitrogens with zero attached hydrogens (tertiary/aromatic N) is 3. The zero-order valence-electron chi connectivity index (χ0n) is 24.3. The Morgan fingerprint density at radius 1 is 1.07 bits per heavy atom. The number of methoxy groups -OCH3 is 1. The highest BCUT2D eigenvalue weighted by Crippen LogP contribution is 2.36. The highest BCUT2D eigenvalue weighted by molar-refractivity contribution is 6.09. The lowest BCUT2D eigenvalue weighted by Crippen LogP contribution is -2.34. The van der Waals surface area contributed by atoms with Crippen LogP contribution in [0, 0.1) is 19.7 Å². The summed E-state index contributed by atoms with van der Waals surface area (Å²) in [6.45, 7) is 3.34. The molecule has 2 amide bonds. The van der Waals surface area contributed by atoms with Gasteiger partial charge in [-0.3, -0.25) is 23.9 Å². The van der Waals surface area contributed by atoms with E-state index in [0.717, 1.165) is 10.5 Å². The van der Waals surface area contributed by atoms with Crippen LogP contribution >= 0.6 is 0 Å². The molecule has 0 unspecified atom stereocenters. The number of aryl methyl sites for hydroxylation is 1. The number of anilines is 4. The van der Waals surface area contributed by atoms with Crippen LogP contribution in [0.1, 0.15) is 37.4 Å². The van der Waals surface area contributed by atoms with Gasteiger partial charge in [-0.25, -0.2) is 9.18 Å². The second-order valence-electron chi connectivity index (χ2n) is 10.0. The van der Waals surface area contributed by atoms with Gasteiger partial charge in [0.1, 0.15) is 22.9 Å². The maximum atomic E-state index is 15.0. The molecule has 222 valence electrons. The number of hydrogen-bond acceptors (Lipinski definition) is 6. The van der Waals surface area contributed by atoms with Crippen LogP contribution in [0.15, 0.2) is 71.5 Å². The van der Waals surface area contributed by atoms with E-state index in [-0.39, 0.29) is 46.1 Å². The molecule has 0 atom stereocenters. The number of halogens is 1. The first-order chi connectivity index (χ1) is 20.5. The van der Waals surface area contributed by atoms with Crippen molar-refractivity contribution in [3.8, 4) is 5.75 Å². The molecule has 11 heteroatoms. The third-order valence-corrected chi connectivity index (χ3v) is 7.02. The molecule has 2 N–H and O–H groups in total. The first kappa shape index (κ1) is 30.5. The van der Waals surface area contributed by atoms with E-state index in [1.807, 2.05) is 0 Å². The number of pyridine rings is 1. The first-order valence-corrected chi connectivity index (χ1v) is 13.2. The third-order valence-electron chi connectivity index (χ3n) is 7.02. The number of carbonyl (C=O) groups is 3. The fourth-order valence-electron chi connectivity index (χ4n) is 4.72. The van der Waals surface area contributed by atoms with E-state index in [2.05, 4.69) is 5.32 Å². The molecule has 0 saturated carbocycles. The largest absolute Gasteiger partial charge is 0.497 e. The lowest BCUT2D eigenvalue weighted by molar-refractivity contribution is -0.106. The molecule has 0 saturated heterocycles. The summed E-state index contributed by atoms with van der Waals surface area (Å²) in [6, 6.07) is 17.1. The minimum absolute atomic E-state index is 0.00721. The van der Waals surface area contributed by atoms with Gasteiger partial charge in [-0.1, -0.05) is 24.3 Å². The number of benzene rings is 3. The second-order valence-corrected chi connectivity index (χ2v) is 10.0. The molecule has 4 rings (SSSR count). The predicted molar refractivity (Wildman–Crippen MR) is 161 cm³/mol. The Morgan fingerprint density at radius 2 is 1.77 bits per heavy atom. The molecule has 1 heterocycles. The van der Waals surface area contributed by atoms with Gasteiger partial charge in [0.25, 0.3) is 11.5 Å². The molecule has 4 aromatic rings. The summed E-state index contributed by atoms with van der Waals surface area (Å²) < 4.78 is 21.4. The lowest BCUT2D eigenvalue weighted by Gasteiger charge is -2.28. The Morgan fingerprint density at radius 3 is 2.37 bits per heavy atom. The molecule has 0 radical (unpaired) electrons. The Balaban J connectivity index is 1.96. The Kier molecular flexibility index (Phi) is 8.94. The highest BCUT2D eigenvalue weighted by atomic mass is 19.1. The van der Waals surface area contributed by atoms with Crippen LogP contribution < -0.4 is 20.5 Å². The van der Waals surface area contributed by atoms with Gasteiger partial charge in [0.15, 0.2) is 0 Å². The maximum Gasteiger partial charge on any atom is 0.335 e. The van der Waals surface area contributed by atoms with Gasteiger partial charge in [-0.2, -0.15) is 0 Å². The minimum atomic E-state index is -1.22. The van der Waals surface area contributed by atoms with E-state index in [4.69, 9.17) is 4.74 Å². The summed E-state index contributed by atoms with van der Waals surface area (Å²) in [5.74, 6) is -1.82. The molecule has 0 aliphatic rings. The van der Waals surface area contributed by atoms with Crippen molar-refractivity contribution in [3.05, 3.63) is 111 Å². The van der Waals surface area contributed by atoms with Gasteiger partial charge < -0.3 is 20.1 Å². The standard InChI is InChI=1S/C32H31FN4O6/c1-19-9-14-26(25(33)15-19)34-29-27(31(40)35(3)17-21-10-12-24(43-5)13-11-21)28(20(2)30(39)36(29)4)37(18-38)23-8-6-7-22(16-23)32(41)42/h6-16,18,34H,17H2,1-5H3,(H,41,42). The van der Waals surface area contributed by atoms with E-state index in [1.54, 1.807) is 51.4 Å². The van der Waals surface area contributed by atoms with E-state index in [0.29, 0.717) is 17.7 Å². The van der Waals surface area contributed by atoms with Crippen LogP contribution in [0.3, 0.4) is 0 Å². The maximum absolute atomic E-state index is 15.0. The smallest absolute Gasteiger partial charge is 0.335 e. The van der Waals surface area contributed by atoms with Crippen LogP contribution in [0.4, 0.5) is 27.3 Å². The van der Waals surface area contributed by atoms with Gasteiger partial charge in [0.2, 0.25) is 6.41 Å². The van der Waals surface area contributed by atoms with Crippen molar-refractivity contribution in [3.63, 3.8) is 0 Å². The normalized spacial score (nSPS) is 10.7. The van der Waals surface area contributed by atoms with E-state index >= 15 is 4.39 Å². The number of aromatic nitrogens is 1. The topological polar surface area (TPSA) is 121 Å². The molecular formula is C32H31FN4O6. The van der Waals surface area contributed by atoms with Gasteiger partial charge >= 0.3 is 5.97 Å². The second kappa shape index (κ2) is 12.6. The molecular weight excluding hydrogens is 555 g/mol. The first-order valence-electron chi connectivity index (χ1n) is 13.2. The van der Waals surface area contributed by atoms with E-state index in [9.17, 15) is 24.3 Å². The molecule has 0 aliphatic heterocycles. The number of rotatable bonds is 10. The van der Waals surface area contributed by atoms with E-state index < -0.39 is 23.3 Å². The van der Waals surface area contributed by atoms with Gasteiger partial charge in [0, 0.05) is 31.9 Å². The van der Waals surface area contributed by atoms with Crippen molar-refractivity contribution in [2.24, 2.45) is 7.05 Å². The SMILES string of the molecule is COc1ccc(CN(C)C(=O)c2c(N(C=O)c3cccc(C(=O)O)c3)c(C)c(=O)n(C)c2Nc2ccc(C)cc2F)cc1. The number of carboxylic acids is 1. The molecule has 0 aliphatic carbocycles. The molecule has 0 fully saturated rings. The number of ether oxygens (including phenoxy) is 1. The number of amides is 2. The van der Waals surface area contributed by atoms with Crippen LogP contribution in [0.25, 0.3) is 0 Å². The summed E-state index contributed by atoms with van der Waals surface area (Å²) >= 11 is 0. The van der Waals surface area contributed by atoms with Crippen molar-refractivity contribution in [1.82, 2.24) is 9.47 Å². The average molecular weight is 587 g/mol. The molecule has 0 spiro atoms. The number of hydrogen-bond donors (Lipinski definition) is 2.